The molecule has 2 atom stereocenters. The van der Waals surface area contributed by atoms with Crippen molar-refractivity contribution in [1.82, 2.24) is 10.2 Å². The Morgan fingerprint density at radius 1 is 1.44 bits per heavy atom. The van der Waals surface area contributed by atoms with Crippen molar-refractivity contribution in [2.24, 2.45) is 5.92 Å². The highest BCUT2D eigenvalue weighted by atomic mass is 32.2. The summed E-state index contributed by atoms with van der Waals surface area (Å²) in [7, 11) is 0. The van der Waals surface area contributed by atoms with Crippen molar-refractivity contribution in [2.45, 2.75) is 32.9 Å². The fraction of sp³-hybridized carbons (Fsp3) is 0.818. The third-order valence-corrected chi connectivity index (χ3v) is 3.49. The molecule has 1 aliphatic heterocycles. The number of hydrogen-bond acceptors (Lipinski definition) is 3. The van der Waals surface area contributed by atoms with Crippen molar-refractivity contribution >= 4 is 23.6 Å². The Morgan fingerprint density at radius 3 is 2.56 bits per heavy atom. The molecule has 0 aliphatic carbocycles. The van der Waals surface area contributed by atoms with Crippen LogP contribution in [0.5, 0.6) is 0 Å². The second-order valence-electron chi connectivity index (χ2n) is 4.43. The van der Waals surface area contributed by atoms with Crippen LogP contribution in [0.25, 0.3) is 0 Å². The summed E-state index contributed by atoms with van der Waals surface area (Å²) in [4.78, 5) is 25.5. The van der Waals surface area contributed by atoms with Crippen molar-refractivity contribution in [1.29, 1.82) is 0 Å². The van der Waals surface area contributed by atoms with Gasteiger partial charge in [0.2, 0.25) is 11.8 Å². The van der Waals surface area contributed by atoms with E-state index in [1.807, 2.05) is 20.1 Å². The molecule has 5 heteroatoms. The molecule has 1 rings (SSSR count). The van der Waals surface area contributed by atoms with Gasteiger partial charge in [0.1, 0.15) is 12.1 Å². The van der Waals surface area contributed by atoms with Crippen LogP contribution in [0.1, 0.15) is 20.8 Å². The van der Waals surface area contributed by atoms with E-state index in [0.29, 0.717) is 6.54 Å². The fourth-order valence-electron chi connectivity index (χ4n) is 1.79. The van der Waals surface area contributed by atoms with Gasteiger partial charge in [-0.05, 0) is 19.1 Å². The molecular weight excluding hydrogens is 224 g/mol. The minimum atomic E-state index is -0.356. The lowest BCUT2D eigenvalue weighted by atomic mass is 9.98. The Bertz CT molecular complexity index is 281. The van der Waals surface area contributed by atoms with Gasteiger partial charge < -0.3 is 10.2 Å². The Labute approximate surface area is 101 Å². The van der Waals surface area contributed by atoms with E-state index < -0.39 is 0 Å². The van der Waals surface area contributed by atoms with Gasteiger partial charge in [-0.3, -0.25) is 9.59 Å². The van der Waals surface area contributed by atoms with E-state index in [9.17, 15) is 9.59 Å². The van der Waals surface area contributed by atoms with Gasteiger partial charge in [0.05, 0.1) is 0 Å². The minimum absolute atomic E-state index is 0.0422. The van der Waals surface area contributed by atoms with Crippen molar-refractivity contribution in [3.8, 4) is 0 Å². The van der Waals surface area contributed by atoms with Gasteiger partial charge in [-0.2, -0.15) is 11.8 Å². The second-order valence-corrected chi connectivity index (χ2v) is 5.42. The van der Waals surface area contributed by atoms with Crippen molar-refractivity contribution in [3.05, 3.63) is 0 Å². The molecular formula is C11H20N2O2S. The molecule has 1 fully saturated rings. The number of thioether (sulfide) groups is 1. The molecule has 0 radical (unpaired) electrons. The maximum Gasteiger partial charge on any atom is 0.246 e. The Kier molecular flexibility index (Phi) is 4.65. The number of carbonyl (C=O) groups is 2. The average Bonchev–Trinajstić information content (AvgIpc) is 2.23. The van der Waals surface area contributed by atoms with Crippen LogP contribution in [0.4, 0.5) is 0 Å². The molecule has 0 aromatic carbocycles. The molecule has 0 spiro atoms. The highest BCUT2D eigenvalue weighted by molar-refractivity contribution is 7.98. The van der Waals surface area contributed by atoms with E-state index in [2.05, 4.69) is 5.32 Å². The number of rotatable bonds is 4. The maximum absolute atomic E-state index is 12.1. The average molecular weight is 244 g/mol. The van der Waals surface area contributed by atoms with E-state index in [4.69, 9.17) is 0 Å². The number of carbonyl (C=O) groups excluding carboxylic acids is 2. The number of hydrogen-bond donors (Lipinski definition) is 1. The lowest BCUT2D eigenvalue weighted by molar-refractivity contribution is -0.149. The summed E-state index contributed by atoms with van der Waals surface area (Å²) in [5.74, 6) is 1.02. The van der Waals surface area contributed by atoms with Crippen LogP contribution < -0.4 is 5.32 Å². The van der Waals surface area contributed by atoms with Gasteiger partial charge >= 0.3 is 0 Å². The second kappa shape index (κ2) is 5.57. The Hall–Kier alpha value is -0.710. The first kappa shape index (κ1) is 13.4. The van der Waals surface area contributed by atoms with Crippen LogP contribution in [0.2, 0.25) is 0 Å². The number of amides is 2. The third-order valence-electron chi connectivity index (χ3n) is 2.90. The molecule has 1 aliphatic rings. The first-order valence-electron chi connectivity index (χ1n) is 5.58. The van der Waals surface area contributed by atoms with Crippen molar-refractivity contribution in [2.75, 3.05) is 18.6 Å². The van der Waals surface area contributed by atoms with E-state index in [1.165, 1.54) is 0 Å². The van der Waals surface area contributed by atoms with Gasteiger partial charge in [0, 0.05) is 12.3 Å². The lowest BCUT2D eigenvalue weighted by Crippen LogP contribution is -2.64. The largest absolute Gasteiger partial charge is 0.342 e. The molecule has 1 heterocycles. The Morgan fingerprint density at radius 2 is 2.06 bits per heavy atom. The topological polar surface area (TPSA) is 49.4 Å². The van der Waals surface area contributed by atoms with Crippen molar-refractivity contribution in [3.63, 3.8) is 0 Å². The standard InChI is InChI=1S/C11H20N2O2S/c1-7(2)9-11(15)13(5-6-16-4)8(3)10(14)12-9/h7-9H,5-6H2,1-4H3,(H,12,14). The van der Waals surface area contributed by atoms with E-state index in [-0.39, 0.29) is 29.8 Å². The summed E-state index contributed by atoms with van der Waals surface area (Å²) in [5, 5.41) is 2.78. The monoisotopic (exact) mass is 244 g/mol. The normalized spacial score (nSPS) is 26.2. The molecule has 92 valence electrons. The smallest absolute Gasteiger partial charge is 0.246 e. The zero-order valence-electron chi connectivity index (χ0n) is 10.3. The quantitative estimate of drug-likeness (QED) is 0.793. The predicted octanol–water partition coefficient (Wildman–Crippen LogP) is 0.721. The third kappa shape index (κ3) is 2.70. The summed E-state index contributed by atoms with van der Waals surface area (Å²) in [6.07, 6.45) is 2.00. The summed E-state index contributed by atoms with van der Waals surface area (Å²) in [6, 6.07) is -0.694. The summed E-state index contributed by atoms with van der Waals surface area (Å²) >= 11 is 1.68. The van der Waals surface area contributed by atoms with Gasteiger partial charge in [0.25, 0.3) is 0 Å². The number of piperazine rings is 1. The van der Waals surface area contributed by atoms with E-state index in [0.717, 1.165) is 5.75 Å². The SMILES string of the molecule is CSCCN1C(=O)C(C(C)C)NC(=O)C1C. The highest BCUT2D eigenvalue weighted by Gasteiger charge is 2.38. The molecule has 16 heavy (non-hydrogen) atoms. The van der Waals surface area contributed by atoms with Crippen LogP contribution in [0.3, 0.4) is 0 Å². The summed E-state index contributed by atoms with van der Waals surface area (Å²) in [6.45, 7) is 6.33. The zero-order valence-corrected chi connectivity index (χ0v) is 11.1. The summed E-state index contributed by atoms with van der Waals surface area (Å²) < 4.78 is 0. The maximum atomic E-state index is 12.1. The molecule has 2 amide bonds. The molecule has 0 bridgehead atoms. The van der Waals surface area contributed by atoms with E-state index >= 15 is 0 Å². The first-order chi connectivity index (χ1) is 7.49. The minimum Gasteiger partial charge on any atom is -0.342 e. The van der Waals surface area contributed by atoms with Crippen LogP contribution >= 0.6 is 11.8 Å². The molecule has 0 aromatic heterocycles. The fourth-order valence-corrected chi connectivity index (χ4v) is 2.17. The highest BCUT2D eigenvalue weighted by Crippen LogP contribution is 2.15. The number of nitrogens with one attached hydrogen (secondary N) is 1. The molecule has 4 nitrogen and oxygen atoms in total. The molecule has 2 unspecified atom stereocenters. The predicted molar refractivity (Wildman–Crippen MR) is 66.3 cm³/mol. The van der Waals surface area contributed by atoms with Gasteiger partial charge in [-0.15, -0.1) is 0 Å². The van der Waals surface area contributed by atoms with Crippen LogP contribution in [0, 0.1) is 5.92 Å². The lowest BCUT2D eigenvalue weighted by Gasteiger charge is -2.38. The van der Waals surface area contributed by atoms with E-state index in [1.54, 1.807) is 23.6 Å². The van der Waals surface area contributed by atoms with Gasteiger partial charge in [-0.1, -0.05) is 13.8 Å². The van der Waals surface area contributed by atoms with Crippen LogP contribution in [0.15, 0.2) is 0 Å². The number of nitrogens with zero attached hydrogens (tertiary/aromatic N) is 1. The van der Waals surface area contributed by atoms with Gasteiger partial charge in [0.15, 0.2) is 0 Å². The Balaban J connectivity index is 2.78. The van der Waals surface area contributed by atoms with Crippen LogP contribution in [-0.2, 0) is 9.59 Å². The van der Waals surface area contributed by atoms with Crippen molar-refractivity contribution < 1.29 is 9.59 Å². The zero-order chi connectivity index (χ0) is 12.3. The molecule has 0 aromatic rings. The molecule has 1 N–H and O–H groups in total. The molecule has 1 saturated heterocycles. The van der Waals surface area contributed by atoms with Crippen LogP contribution in [-0.4, -0.2) is 47.4 Å². The van der Waals surface area contributed by atoms with Gasteiger partial charge in [-0.25, -0.2) is 0 Å². The molecule has 0 saturated carbocycles. The summed E-state index contributed by atoms with van der Waals surface area (Å²) in [5.41, 5.74) is 0. The first-order valence-corrected chi connectivity index (χ1v) is 6.98.